The maximum absolute atomic E-state index is 6.05. The molecule has 3 aromatic carbocycles. The molecule has 3 rings (SSSR count). The van der Waals surface area contributed by atoms with Crippen LogP contribution in [0.5, 0.6) is 11.5 Å². The molecule has 3 aromatic rings. The van der Waals surface area contributed by atoms with E-state index in [1.807, 2.05) is 48.7 Å². The van der Waals surface area contributed by atoms with E-state index in [0.29, 0.717) is 23.1 Å². The van der Waals surface area contributed by atoms with E-state index < -0.39 is 0 Å². The van der Waals surface area contributed by atoms with E-state index in [4.69, 9.17) is 21.1 Å². The molecular weight excluding hydrogens is 485 g/mol. The third kappa shape index (κ3) is 5.26. The highest BCUT2D eigenvalue weighted by Crippen LogP contribution is 2.34. The molecule has 0 aromatic heterocycles. The average Bonchev–Trinajstić information content (AvgIpc) is 2.66. The van der Waals surface area contributed by atoms with Gasteiger partial charge >= 0.3 is 0 Å². The van der Waals surface area contributed by atoms with Crippen molar-refractivity contribution in [3.8, 4) is 11.5 Å². The first-order valence-corrected chi connectivity index (χ1v) is 10.3. The molecule has 0 aliphatic carbocycles. The van der Waals surface area contributed by atoms with Crippen LogP contribution in [0.4, 0.5) is 5.69 Å². The molecular formula is C23H21ClINO2. The number of benzene rings is 3. The minimum Gasteiger partial charge on any atom is -0.493 e. The minimum atomic E-state index is 0.420. The van der Waals surface area contributed by atoms with Crippen molar-refractivity contribution in [1.29, 1.82) is 0 Å². The summed E-state index contributed by atoms with van der Waals surface area (Å²) in [4.78, 5) is 4.63. The highest BCUT2D eigenvalue weighted by atomic mass is 127. The molecule has 28 heavy (non-hydrogen) atoms. The van der Waals surface area contributed by atoms with E-state index in [-0.39, 0.29) is 0 Å². The summed E-state index contributed by atoms with van der Waals surface area (Å²) in [7, 11) is 1.64. The van der Waals surface area contributed by atoms with Gasteiger partial charge in [0.05, 0.1) is 16.4 Å². The van der Waals surface area contributed by atoms with Crippen molar-refractivity contribution in [2.75, 3.05) is 7.11 Å². The Bertz CT molecular complexity index is 1020. The molecule has 0 fully saturated rings. The molecule has 0 radical (unpaired) electrons. The number of hydrogen-bond acceptors (Lipinski definition) is 3. The topological polar surface area (TPSA) is 30.8 Å². The number of ether oxygens (including phenoxy) is 2. The summed E-state index contributed by atoms with van der Waals surface area (Å²) >= 11 is 8.30. The largest absolute Gasteiger partial charge is 0.493 e. The van der Waals surface area contributed by atoms with Gasteiger partial charge in [-0.15, -0.1) is 0 Å². The van der Waals surface area contributed by atoms with Gasteiger partial charge < -0.3 is 9.47 Å². The second kappa shape index (κ2) is 9.43. The van der Waals surface area contributed by atoms with E-state index >= 15 is 0 Å². The minimum absolute atomic E-state index is 0.420. The van der Waals surface area contributed by atoms with Gasteiger partial charge in [0.15, 0.2) is 11.5 Å². The second-order valence-electron chi connectivity index (χ2n) is 6.50. The van der Waals surface area contributed by atoms with Gasteiger partial charge in [0.1, 0.15) is 6.61 Å². The van der Waals surface area contributed by atoms with Crippen LogP contribution < -0.4 is 9.47 Å². The van der Waals surface area contributed by atoms with Gasteiger partial charge in [-0.25, -0.2) is 0 Å². The van der Waals surface area contributed by atoms with E-state index in [9.17, 15) is 0 Å². The first-order valence-electron chi connectivity index (χ1n) is 8.82. The first kappa shape index (κ1) is 20.7. The summed E-state index contributed by atoms with van der Waals surface area (Å²) in [5.41, 5.74) is 5.30. The quantitative estimate of drug-likeness (QED) is 0.269. The van der Waals surface area contributed by atoms with Gasteiger partial charge in [-0.05, 0) is 83.5 Å². The molecule has 0 unspecified atom stereocenters. The zero-order valence-corrected chi connectivity index (χ0v) is 18.9. The smallest absolute Gasteiger partial charge is 0.174 e. The van der Waals surface area contributed by atoms with Crippen LogP contribution in [-0.2, 0) is 6.61 Å². The SMILES string of the molecule is COc1cc(C=Nc2ccc(C)cc2C)cc(I)c1OCc1cccc(Cl)c1. The van der Waals surface area contributed by atoms with Crippen molar-refractivity contribution >= 4 is 46.1 Å². The van der Waals surface area contributed by atoms with E-state index in [2.05, 4.69) is 53.6 Å². The number of nitrogens with zero attached hydrogens (tertiary/aromatic N) is 1. The van der Waals surface area contributed by atoms with Crippen LogP contribution in [0.1, 0.15) is 22.3 Å². The Morgan fingerprint density at radius 1 is 1.07 bits per heavy atom. The zero-order chi connectivity index (χ0) is 20.1. The fourth-order valence-corrected chi connectivity index (χ4v) is 3.82. The highest BCUT2D eigenvalue weighted by molar-refractivity contribution is 14.1. The fraction of sp³-hybridized carbons (Fsp3) is 0.174. The van der Waals surface area contributed by atoms with Crippen LogP contribution in [0.3, 0.4) is 0 Å². The van der Waals surface area contributed by atoms with Crippen LogP contribution in [-0.4, -0.2) is 13.3 Å². The Labute approximate surface area is 184 Å². The summed E-state index contributed by atoms with van der Waals surface area (Å²) in [6.45, 7) is 4.57. The Kier molecular flexibility index (Phi) is 6.97. The molecule has 0 spiro atoms. The van der Waals surface area contributed by atoms with Gasteiger partial charge in [0.25, 0.3) is 0 Å². The summed E-state index contributed by atoms with van der Waals surface area (Å²) in [6.07, 6.45) is 1.85. The molecule has 144 valence electrons. The lowest BCUT2D eigenvalue weighted by atomic mass is 10.1. The Hall–Kier alpha value is -2.05. The number of methoxy groups -OCH3 is 1. The Morgan fingerprint density at radius 3 is 2.61 bits per heavy atom. The Balaban J connectivity index is 1.81. The van der Waals surface area contributed by atoms with Crippen molar-refractivity contribution in [3.05, 3.63) is 85.4 Å². The van der Waals surface area contributed by atoms with Crippen LogP contribution in [0, 0.1) is 17.4 Å². The molecule has 0 atom stereocenters. The molecule has 0 aliphatic rings. The maximum Gasteiger partial charge on any atom is 0.174 e. The van der Waals surface area contributed by atoms with Crippen molar-refractivity contribution < 1.29 is 9.47 Å². The van der Waals surface area contributed by atoms with E-state index in [0.717, 1.165) is 25.9 Å². The predicted molar refractivity (Wildman–Crippen MR) is 125 cm³/mol. The number of aryl methyl sites for hydroxylation is 2. The zero-order valence-electron chi connectivity index (χ0n) is 16.0. The lowest BCUT2D eigenvalue weighted by Gasteiger charge is -2.14. The van der Waals surface area contributed by atoms with Crippen LogP contribution >= 0.6 is 34.2 Å². The van der Waals surface area contributed by atoms with Crippen molar-refractivity contribution in [3.63, 3.8) is 0 Å². The number of hydrogen-bond donors (Lipinski definition) is 0. The molecule has 3 nitrogen and oxygen atoms in total. The second-order valence-corrected chi connectivity index (χ2v) is 8.10. The van der Waals surface area contributed by atoms with Gasteiger partial charge in [0, 0.05) is 11.2 Å². The first-order chi connectivity index (χ1) is 13.5. The predicted octanol–water partition coefficient (Wildman–Crippen LogP) is 6.90. The summed E-state index contributed by atoms with van der Waals surface area (Å²) in [6, 6.07) is 17.8. The van der Waals surface area contributed by atoms with Gasteiger partial charge in [0.2, 0.25) is 0 Å². The highest BCUT2D eigenvalue weighted by Gasteiger charge is 2.12. The van der Waals surface area contributed by atoms with Crippen molar-refractivity contribution in [2.45, 2.75) is 20.5 Å². The van der Waals surface area contributed by atoms with Gasteiger partial charge in [-0.2, -0.15) is 0 Å². The van der Waals surface area contributed by atoms with Gasteiger partial charge in [-0.3, -0.25) is 4.99 Å². The Morgan fingerprint density at radius 2 is 1.89 bits per heavy atom. The number of rotatable bonds is 6. The molecule has 0 N–H and O–H groups in total. The van der Waals surface area contributed by atoms with Crippen molar-refractivity contribution in [2.24, 2.45) is 4.99 Å². The molecule has 0 aliphatic heterocycles. The van der Waals surface area contributed by atoms with Gasteiger partial charge in [-0.1, -0.05) is 41.4 Å². The third-order valence-electron chi connectivity index (χ3n) is 4.23. The monoisotopic (exact) mass is 505 g/mol. The lowest BCUT2D eigenvalue weighted by Crippen LogP contribution is -2.00. The average molecular weight is 506 g/mol. The van der Waals surface area contributed by atoms with Crippen LogP contribution in [0.25, 0.3) is 0 Å². The van der Waals surface area contributed by atoms with Crippen LogP contribution in [0.2, 0.25) is 5.02 Å². The van der Waals surface area contributed by atoms with E-state index in [1.165, 1.54) is 5.56 Å². The normalized spacial score (nSPS) is 11.0. The molecule has 0 heterocycles. The molecule has 0 bridgehead atoms. The number of aliphatic imine (C=N–C) groups is 1. The summed E-state index contributed by atoms with van der Waals surface area (Å²) in [5.74, 6) is 1.39. The summed E-state index contributed by atoms with van der Waals surface area (Å²) in [5, 5.41) is 0.695. The maximum atomic E-state index is 6.05. The third-order valence-corrected chi connectivity index (χ3v) is 5.27. The molecule has 0 amide bonds. The summed E-state index contributed by atoms with van der Waals surface area (Å²) < 4.78 is 12.5. The molecule has 0 saturated carbocycles. The van der Waals surface area contributed by atoms with Crippen LogP contribution in [0.15, 0.2) is 59.6 Å². The molecule has 5 heteroatoms. The fourth-order valence-electron chi connectivity index (χ4n) is 2.83. The lowest BCUT2D eigenvalue weighted by molar-refractivity contribution is 0.282. The number of halogens is 2. The molecule has 0 saturated heterocycles. The van der Waals surface area contributed by atoms with Crippen molar-refractivity contribution in [1.82, 2.24) is 0 Å². The standard InChI is InChI=1S/C23H21ClINO2/c1-15-7-8-21(16(2)9-15)26-13-18-11-20(25)23(22(12-18)27-3)28-14-17-5-4-6-19(24)10-17/h4-13H,14H2,1-3H3. The van der Waals surface area contributed by atoms with E-state index in [1.54, 1.807) is 7.11 Å².